The Kier molecular flexibility index (Phi) is 2.64. The van der Waals surface area contributed by atoms with Crippen LogP contribution in [-0.2, 0) is 16.0 Å². The lowest BCUT2D eigenvalue weighted by Gasteiger charge is -2.08. The summed E-state index contributed by atoms with van der Waals surface area (Å²) in [7, 11) is 1.57. The number of fused-ring (bicyclic) bond motifs is 1. The Morgan fingerprint density at radius 1 is 1.50 bits per heavy atom. The minimum absolute atomic E-state index is 0.0751. The molecule has 2 heteroatoms. The van der Waals surface area contributed by atoms with Gasteiger partial charge in [-0.2, -0.15) is 0 Å². The number of aryl methyl sites for hydroxylation is 1. The lowest BCUT2D eigenvalue weighted by molar-refractivity contribution is -0.124. The highest BCUT2D eigenvalue weighted by Gasteiger charge is 2.27. The molecule has 0 saturated heterocycles. The molecule has 1 unspecified atom stereocenters. The minimum atomic E-state index is 0.0751. The first-order chi connectivity index (χ1) is 6.83. The van der Waals surface area contributed by atoms with Gasteiger partial charge < -0.3 is 4.74 Å². The van der Waals surface area contributed by atoms with Crippen LogP contribution in [0.5, 0.6) is 0 Å². The van der Waals surface area contributed by atoms with E-state index in [1.807, 2.05) is 12.1 Å². The van der Waals surface area contributed by atoms with E-state index in [1.54, 1.807) is 7.11 Å². The van der Waals surface area contributed by atoms with Crippen molar-refractivity contribution < 1.29 is 9.53 Å². The van der Waals surface area contributed by atoms with Crippen molar-refractivity contribution in [3.8, 4) is 0 Å². The monoisotopic (exact) mass is 190 g/mol. The number of ether oxygens (including phenoxy) is 1. The Balaban J connectivity index is 2.21. The zero-order valence-corrected chi connectivity index (χ0v) is 8.32. The molecular weight excluding hydrogens is 176 g/mol. The number of hydrogen-bond donors (Lipinski definition) is 0. The molecule has 1 aromatic carbocycles. The zero-order chi connectivity index (χ0) is 9.97. The minimum Gasteiger partial charge on any atom is -0.377 e. The average Bonchev–Trinajstić information content (AvgIpc) is 2.61. The second kappa shape index (κ2) is 3.93. The van der Waals surface area contributed by atoms with Crippen molar-refractivity contribution in [2.24, 2.45) is 0 Å². The van der Waals surface area contributed by atoms with Gasteiger partial charge in [-0.1, -0.05) is 24.3 Å². The van der Waals surface area contributed by atoms with Crippen LogP contribution in [0.4, 0.5) is 0 Å². The van der Waals surface area contributed by atoms with Crippen molar-refractivity contribution in [3.63, 3.8) is 0 Å². The molecule has 1 aromatic rings. The van der Waals surface area contributed by atoms with Crippen LogP contribution in [-0.4, -0.2) is 19.5 Å². The Morgan fingerprint density at radius 2 is 2.29 bits per heavy atom. The predicted octanol–water partition coefficient (Wildman–Crippen LogP) is 1.93. The maximum atomic E-state index is 11.7. The standard InChI is InChI=1S/C12H14O2/c1-14-8-12(13)11-7-6-9-4-2-3-5-10(9)11/h2-5,11H,6-8H2,1H3. The second-order valence-corrected chi connectivity index (χ2v) is 3.69. The Morgan fingerprint density at radius 3 is 3.07 bits per heavy atom. The summed E-state index contributed by atoms with van der Waals surface area (Å²) in [4.78, 5) is 11.7. The van der Waals surface area contributed by atoms with Gasteiger partial charge in [0, 0.05) is 13.0 Å². The van der Waals surface area contributed by atoms with Gasteiger partial charge in [0.25, 0.3) is 0 Å². The van der Waals surface area contributed by atoms with E-state index in [9.17, 15) is 4.79 Å². The highest BCUT2D eigenvalue weighted by Crippen LogP contribution is 2.33. The molecule has 1 aliphatic rings. The van der Waals surface area contributed by atoms with E-state index in [-0.39, 0.29) is 18.3 Å². The quantitative estimate of drug-likeness (QED) is 0.728. The van der Waals surface area contributed by atoms with Crippen LogP contribution in [0.15, 0.2) is 24.3 Å². The lowest BCUT2D eigenvalue weighted by atomic mass is 9.97. The molecule has 0 spiro atoms. The molecule has 1 aliphatic carbocycles. The van der Waals surface area contributed by atoms with Crippen molar-refractivity contribution in [2.45, 2.75) is 18.8 Å². The van der Waals surface area contributed by atoms with Crippen molar-refractivity contribution >= 4 is 5.78 Å². The zero-order valence-electron chi connectivity index (χ0n) is 8.32. The summed E-state index contributed by atoms with van der Waals surface area (Å²) in [5.74, 6) is 0.281. The van der Waals surface area contributed by atoms with Crippen molar-refractivity contribution in [1.29, 1.82) is 0 Å². The number of ketones is 1. The Bertz CT molecular complexity index is 344. The Labute approximate surface area is 83.9 Å². The van der Waals surface area contributed by atoms with Crippen molar-refractivity contribution in [1.82, 2.24) is 0 Å². The highest BCUT2D eigenvalue weighted by atomic mass is 16.5. The van der Waals surface area contributed by atoms with Gasteiger partial charge in [0.2, 0.25) is 0 Å². The van der Waals surface area contributed by atoms with Gasteiger partial charge in [-0.3, -0.25) is 4.79 Å². The number of carbonyl (C=O) groups excluding carboxylic acids is 1. The van der Waals surface area contributed by atoms with E-state index >= 15 is 0 Å². The SMILES string of the molecule is COCC(=O)C1CCc2ccccc21. The molecule has 0 N–H and O–H groups in total. The fraction of sp³-hybridized carbons (Fsp3) is 0.417. The molecule has 2 nitrogen and oxygen atoms in total. The first kappa shape index (κ1) is 9.41. The summed E-state index contributed by atoms with van der Waals surface area (Å²) in [6, 6.07) is 8.19. The molecule has 14 heavy (non-hydrogen) atoms. The van der Waals surface area contributed by atoms with Crippen molar-refractivity contribution in [3.05, 3.63) is 35.4 Å². The van der Waals surface area contributed by atoms with E-state index in [2.05, 4.69) is 12.1 Å². The van der Waals surface area contributed by atoms with Crippen LogP contribution in [0, 0.1) is 0 Å². The number of carbonyl (C=O) groups is 1. The van der Waals surface area contributed by atoms with Gasteiger partial charge in [-0.05, 0) is 24.0 Å². The molecule has 0 saturated carbocycles. The summed E-state index contributed by atoms with van der Waals surface area (Å²) in [6.07, 6.45) is 1.97. The second-order valence-electron chi connectivity index (χ2n) is 3.69. The maximum Gasteiger partial charge on any atom is 0.165 e. The molecule has 74 valence electrons. The van der Waals surface area contributed by atoms with Crippen LogP contribution in [0.25, 0.3) is 0 Å². The Hall–Kier alpha value is -1.15. The van der Waals surface area contributed by atoms with Gasteiger partial charge in [-0.15, -0.1) is 0 Å². The van der Waals surface area contributed by atoms with Gasteiger partial charge >= 0.3 is 0 Å². The molecule has 0 radical (unpaired) electrons. The fourth-order valence-electron chi connectivity index (χ4n) is 2.13. The largest absolute Gasteiger partial charge is 0.377 e. The van der Waals surface area contributed by atoms with Gasteiger partial charge in [0.05, 0.1) is 0 Å². The third-order valence-electron chi connectivity index (χ3n) is 2.81. The predicted molar refractivity (Wildman–Crippen MR) is 54.4 cm³/mol. The fourth-order valence-corrected chi connectivity index (χ4v) is 2.13. The molecule has 0 amide bonds. The number of hydrogen-bond acceptors (Lipinski definition) is 2. The van der Waals surface area contributed by atoms with Crippen LogP contribution in [0.1, 0.15) is 23.5 Å². The van der Waals surface area contributed by atoms with Gasteiger partial charge in [0.1, 0.15) is 6.61 Å². The third kappa shape index (κ3) is 1.58. The first-order valence-corrected chi connectivity index (χ1v) is 4.92. The van der Waals surface area contributed by atoms with E-state index < -0.39 is 0 Å². The normalized spacial score (nSPS) is 19.4. The van der Waals surface area contributed by atoms with Crippen LogP contribution in [0.2, 0.25) is 0 Å². The number of Topliss-reactive ketones (excluding diaryl/α,β-unsaturated/α-hetero) is 1. The maximum absolute atomic E-state index is 11.7. The first-order valence-electron chi connectivity index (χ1n) is 4.92. The number of benzene rings is 1. The summed E-state index contributed by atoms with van der Waals surface area (Å²) in [5, 5.41) is 0. The molecule has 0 aromatic heterocycles. The summed E-state index contributed by atoms with van der Waals surface area (Å²) in [5.41, 5.74) is 2.52. The number of methoxy groups -OCH3 is 1. The third-order valence-corrected chi connectivity index (χ3v) is 2.81. The van der Waals surface area contributed by atoms with E-state index in [4.69, 9.17) is 4.74 Å². The average molecular weight is 190 g/mol. The molecular formula is C12H14O2. The smallest absolute Gasteiger partial charge is 0.165 e. The molecule has 0 bridgehead atoms. The molecule has 0 heterocycles. The van der Waals surface area contributed by atoms with Crippen LogP contribution >= 0.6 is 0 Å². The van der Waals surface area contributed by atoms with Gasteiger partial charge in [-0.25, -0.2) is 0 Å². The molecule has 0 aliphatic heterocycles. The highest BCUT2D eigenvalue weighted by molar-refractivity contribution is 5.87. The molecule has 1 atom stereocenters. The van der Waals surface area contributed by atoms with Crippen molar-refractivity contribution in [2.75, 3.05) is 13.7 Å². The lowest BCUT2D eigenvalue weighted by Crippen LogP contribution is -2.15. The summed E-state index contributed by atoms with van der Waals surface area (Å²) >= 11 is 0. The summed E-state index contributed by atoms with van der Waals surface area (Å²) in [6.45, 7) is 0.235. The van der Waals surface area contributed by atoms with Crippen LogP contribution in [0.3, 0.4) is 0 Å². The summed E-state index contributed by atoms with van der Waals surface area (Å²) < 4.78 is 4.88. The van der Waals surface area contributed by atoms with E-state index in [0.717, 1.165) is 12.8 Å². The topological polar surface area (TPSA) is 26.3 Å². The van der Waals surface area contributed by atoms with E-state index in [1.165, 1.54) is 11.1 Å². The van der Waals surface area contributed by atoms with Crippen LogP contribution < -0.4 is 0 Å². The molecule has 2 rings (SSSR count). The number of rotatable bonds is 3. The van der Waals surface area contributed by atoms with E-state index in [0.29, 0.717) is 0 Å². The van der Waals surface area contributed by atoms with Gasteiger partial charge in [0.15, 0.2) is 5.78 Å². The molecule has 0 fully saturated rings.